The van der Waals surface area contributed by atoms with Crippen LogP contribution in [0.25, 0.3) is 0 Å². The molecule has 2 heterocycles. The molecule has 1 aliphatic carbocycles. The van der Waals surface area contributed by atoms with E-state index in [0.29, 0.717) is 22.2 Å². The highest BCUT2D eigenvalue weighted by Gasteiger charge is 2.32. The summed E-state index contributed by atoms with van der Waals surface area (Å²) in [4.78, 5) is 14.7. The molecule has 0 spiro atoms. The number of carbonyl (C=O) groups excluding carboxylic acids is 1. The lowest BCUT2D eigenvalue weighted by molar-refractivity contribution is 0.0742. The molecule has 0 radical (unpaired) electrons. The highest BCUT2D eigenvalue weighted by molar-refractivity contribution is 8.00. The third-order valence-electron chi connectivity index (χ3n) is 3.74. The fraction of sp³-hybridized carbons (Fsp3) is 0.643. The molecule has 4 nitrogen and oxygen atoms in total. The molecule has 5 heteroatoms. The molecule has 1 saturated heterocycles. The van der Waals surface area contributed by atoms with Crippen molar-refractivity contribution in [3.63, 3.8) is 0 Å². The van der Waals surface area contributed by atoms with Gasteiger partial charge in [-0.2, -0.15) is 11.8 Å². The minimum Gasteiger partial charge on any atom is -0.397 e. The zero-order chi connectivity index (χ0) is 13.6. The topological polar surface area (TPSA) is 51.3 Å². The van der Waals surface area contributed by atoms with Crippen molar-refractivity contribution in [3.05, 3.63) is 18.0 Å². The third-order valence-corrected chi connectivity index (χ3v) is 4.96. The molecule has 1 amide bonds. The van der Waals surface area contributed by atoms with E-state index in [1.165, 1.54) is 0 Å². The zero-order valence-electron chi connectivity index (χ0n) is 11.5. The van der Waals surface area contributed by atoms with Gasteiger partial charge in [0.25, 0.3) is 5.91 Å². The first kappa shape index (κ1) is 12.9. The minimum absolute atomic E-state index is 0.141. The van der Waals surface area contributed by atoms with Crippen molar-refractivity contribution in [2.24, 2.45) is 0 Å². The van der Waals surface area contributed by atoms with Crippen LogP contribution in [0.3, 0.4) is 0 Å². The number of nitrogens with two attached hydrogens (primary N) is 1. The van der Waals surface area contributed by atoms with Crippen LogP contribution in [0.1, 0.15) is 43.2 Å². The van der Waals surface area contributed by atoms with E-state index in [9.17, 15) is 4.79 Å². The lowest BCUT2D eigenvalue weighted by Gasteiger charge is -2.34. The number of aromatic nitrogens is 1. The SMILES string of the molecule is CC1CN(C(=O)c2cc(N)cn2C2CC2)CC(C)S1. The Morgan fingerprint density at radius 2 is 1.95 bits per heavy atom. The Labute approximate surface area is 118 Å². The van der Waals surface area contributed by atoms with E-state index < -0.39 is 0 Å². The van der Waals surface area contributed by atoms with Gasteiger partial charge in [-0.1, -0.05) is 13.8 Å². The number of anilines is 1. The number of amides is 1. The van der Waals surface area contributed by atoms with Crippen LogP contribution in [0.4, 0.5) is 5.69 Å². The Hall–Kier alpha value is -1.10. The summed E-state index contributed by atoms with van der Waals surface area (Å²) in [6.45, 7) is 6.05. The number of nitrogens with zero attached hydrogens (tertiary/aromatic N) is 2. The quantitative estimate of drug-likeness (QED) is 0.904. The Bertz CT molecular complexity index is 485. The first-order chi connectivity index (χ1) is 9.04. The molecule has 2 fully saturated rings. The maximum atomic E-state index is 12.7. The van der Waals surface area contributed by atoms with Gasteiger partial charge in [-0.3, -0.25) is 4.79 Å². The summed E-state index contributed by atoms with van der Waals surface area (Å²) in [6.07, 6.45) is 4.24. The molecule has 2 unspecified atom stereocenters. The first-order valence-corrected chi connectivity index (χ1v) is 7.91. The fourth-order valence-electron chi connectivity index (χ4n) is 2.83. The van der Waals surface area contributed by atoms with Gasteiger partial charge in [0.2, 0.25) is 0 Å². The Kier molecular flexibility index (Phi) is 3.25. The molecule has 3 rings (SSSR count). The summed E-state index contributed by atoms with van der Waals surface area (Å²) in [5.74, 6) is 0.141. The average molecular weight is 279 g/mol. The molecule has 1 aliphatic heterocycles. The van der Waals surface area contributed by atoms with Gasteiger partial charge in [-0.15, -0.1) is 0 Å². The van der Waals surface area contributed by atoms with Gasteiger partial charge >= 0.3 is 0 Å². The Balaban J connectivity index is 1.83. The molecular formula is C14H21N3OS. The maximum Gasteiger partial charge on any atom is 0.270 e. The van der Waals surface area contributed by atoms with Crippen LogP contribution < -0.4 is 5.73 Å². The van der Waals surface area contributed by atoms with Crippen LogP contribution in [0.2, 0.25) is 0 Å². The molecule has 2 atom stereocenters. The van der Waals surface area contributed by atoms with Crippen molar-refractivity contribution in [1.82, 2.24) is 9.47 Å². The molecule has 0 bridgehead atoms. The molecular weight excluding hydrogens is 258 g/mol. The van der Waals surface area contributed by atoms with E-state index in [1.807, 2.05) is 28.9 Å². The van der Waals surface area contributed by atoms with Crippen molar-refractivity contribution < 1.29 is 4.79 Å². The molecule has 104 valence electrons. The van der Waals surface area contributed by atoms with Crippen LogP contribution in [0, 0.1) is 0 Å². The highest BCUT2D eigenvalue weighted by atomic mass is 32.2. The third kappa shape index (κ3) is 2.61. The van der Waals surface area contributed by atoms with E-state index in [2.05, 4.69) is 18.4 Å². The second kappa shape index (κ2) is 4.78. The molecule has 1 aromatic rings. The zero-order valence-corrected chi connectivity index (χ0v) is 12.3. The van der Waals surface area contributed by atoms with Crippen molar-refractivity contribution in [1.29, 1.82) is 0 Å². The fourth-order valence-corrected chi connectivity index (χ4v) is 4.16. The standard InChI is InChI=1S/C14H21N3OS/c1-9-6-16(7-10(2)19-9)14(18)13-5-11(15)8-17(13)12-3-4-12/h5,8-10,12H,3-4,6-7,15H2,1-2H3. The number of hydrogen-bond donors (Lipinski definition) is 1. The van der Waals surface area contributed by atoms with Gasteiger partial charge in [0.15, 0.2) is 0 Å². The molecule has 2 N–H and O–H groups in total. The summed E-state index contributed by atoms with van der Waals surface area (Å²) >= 11 is 1.96. The molecule has 1 aromatic heterocycles. The number of nitrogen functional groups attached to an aromatic ring is 1. The second-order valence-electron chi connectivity index (χ2n) is 5.76. The van der Waals surface area contributed by atoms with Crippen molar-refractivity contribution in [3.8, 4) is 0 Å². The predicted octanol–water partition coefficient (Wildman–Crippen LogP) is 2.37. The van der Waals surface area contributed by atoms with Crippen molar-refractivity contribution >= 4 is 23.4 Å². The van der Waals surface area contributed by atoms with E-state index in [1.54, 1.807) is 0 Å². The van der Waals surface area contributed by atoms with Gasteiger partial charge in [0.05, 0.1) is 5.69 Å². The highest BCUT2D eigenvalue weighted by Crippen LogP contribution is 2.37. The van der Waals surface area contributed by atoms with Crippen LogP contribution in [0.15, 0.2) is 12.3 Å². The smallest absolute Gasteiger partial charge is 0.270 e. The number of thioether (sulfide) groups is 1. The molecule has 19 heavy (non-hydrogen) atoms. The summed E-state index contributed by atoms with van der Waals surface area (Å²) in [5, 5.41) is 1.02. The van der Waals surface area contributed by atoms with E-state index in [0.717, 1.165) is 31.6 Å². The van der Waals surface area contributed by atoms with Crippen LogP contribution in [-0.2, 0) is 0 Å². The van der Waals surface area contributed by atoms with E-state index in [-0.39, 0.29) is 5.91 Å². The van der Waals surface area contributed by atoms with Crippen LogP contribution >= 0.6 is 11.8 Å². The summed E-state index contributed by atoms with van der Waals surface area (Å²) in [7, 11) is 0. The summed E-state index contributed by atoms with van der Waals surface area (Å²) in [5.41, 5.74) is 7.34. The predicted molar refractivity (Wildman–Crippen MR) is 79.5 cm³/mol. The van der Waals surface area contributed by atoms with Gasteiger partial charge in [0.1, 0.15) is 5.69 Å². The molecule has 2 aliphatic rings. The Morgan fingerprint density at radius 1 is 1.32 bits per heavy atom. The lowest BCUT2D eigenvalue weighted by Crippen LogP contribution is -2.44. The largest absolute Gasteiger partial charge is 0.397 e. The van der Waals surface area contributed by atoms with Gasteiger partial charge in [-0.25, -0.2) is 0 Å². The van der Waals surface area contributed by atoms with Crippen LogP contribution in [0.5, 0.6) is 0 Å². The average Bonchev–Trinajstić information content (AvgIpc) is 3.10. The Morgan fingerprint density at radius 3 is 2.53 bits per heavy atom. The number of hydrogen-bond acceptors (Lipinski definition) is 3. The molecule has 1 saturated carbocycles. The minimum atomic E-state index is 0.141. The van der Waals surface area contributed by atoms with E-state index >= 15 is 0 Å². The van der Waals surface area contributed by atoms with Crippen molar-refractivity contribution in [2.45, 2.75) is 43.2 Å². The maximum absolute atomic E-state index is 12.7. The van der Waals surface area contributed by atoms with Gasteiger partial charge in [-0.05, 0) is 18.9 Å². The van der Waals surface area contributed by atoms with Gasteiger partial charge in [0, 0.05) is 35.8 Å². The van der Waals surface area contributed by atoms with Gasteiger partial charge < -0.3 is 15.2 Å². The first-order valence-electron chi connectivity index (χ1n) is 6.96. The lowest BCUT2D eigenvalue weighted by atomic mass is 10.2. The van der Waals surface area contributed by atoms with E-state index in [4.69, 9.17) is 5.73 Å². The molecule has 0 aromatic carbocycles. The second-order valence-corrected chi connectivity index (χ2v) is 7.65. The normalized spacial score (nSPS) is 27.6. The number of carbonyl (C=O) groups is 1. The summed E-state index contributed by atoms with van der Waals surface area (Å²) in [6, 6.07) is 2.32. The summed E-state index contributed by atoms with van der Waals surface area (Å²) < 4.78 is 2.08. The monoisotopic (exact) mass is 279 g/mol. The van der Waals surface area contributed by atoms with Crippen LogP contribution in [-0.4, -0.2) is 39.0 Å². The van der Waals surface area contributed by atoms with Crippen molar-refractivity contribution in [2.75, 3.05) is 18.8 Å². The number of rotatable bonds is 2.